The number of nitrogens with one attached hydrogen (secondary N) is 2. The van der Waals surface area contributed by atoms with Crippen LogP contribution in [-0.4, -0.2) is 26.5 Å². The lowest BCUT2D eigenvalue weighted by Gasteiger charge is -2.20. The highest BCUT2D eigenvalue weighted by atomic mass is 16.2. The number of carbonyl (C=O) groups excluding carboxylic acids is 1. The Kier molecular flexibility index (Phi) is 5.13. The Labute approximate surface area is 135 Å². The van der Waals surface area contributed by atoms with Crippen molar-refractivity contribution in [1.29, 1.82) is 0 Å². The van der Waals surface area contributed by atoms with Crippen molar-refractivity contribution in [1.82, 2.24) is 25.9 Å². The fraction of sp³-hybridized carbons (Fsp3) is 0.412. The Balaban J connectivity index is 1.69. The van der Waals surface area contributed by atoms with E-state index in [1.807, 2.05) is 30.3 Å². The van der Waals surface area contributed by atoms with E-state index >= 15 is 0 Å². The second-order valence-corrected chi connectivity index (χ2v) is 5.84. The average molecular weight is 311 g/mol. The summed E-state index contributed by atoms with van der Waals surface area (Å²) in [5.41, 5.74) is 1.13. The summed E-state index contributed by atoms with van der Waals surface area (Å²) < 4.78 is 0. The molecule has 23 heavy (non-hydrogen) atoms. The lowest BCUT2D eigenvalue weighted by atomic mass is 9.97. The van der Waals surface area contributed by atoms with Gasteiger partial charge in [0.2, 0.25) is 5.91 Å². The van der Waals surface area contributed by atoms with Gasteiger partial charge < -0.3 is 5.32 Å². The van der Waals surface area contributed by atoms with Crippen LogP contribution in [0.25, 0.3) is 0 Å². The zero-order valence-corrected chi connectivity index (χ0v) is 13.0. The maximum Gasteiger partial charge on any atom is 0.223 e. The SMILES string of the molecule is O=C(NC(Cc1ccccc1)c1nn[nH]n1)C1CCC=CCC1. The molecule has 2 N–H and O–H groups in total. The number of benzene rings is 1. The first kappa shape index (κ1) is 15.4. The molecular formula is C17H21N5O. The van der Waals surface area contributed by atoms with Gasteiger partial charge in [0.25, 0.3) is 0 Å². The first-order valence-corrected chi connectivity index (χ1v) is 8.05. The highest BCUT2D eigenvalue weighted by Crippen LogP contribution is 2.21. The first-order valence-electron chi connectivity index (χ1n) is 8.05. The van der Waals surface area contributed by atoms with Gasteiger partial charge >= 0.3 is 0 Å². The number of amides is 1. The molecule has 6 nitrogen and oxygen atoms in total. The molecule has 1 aliphatic rings. The third kappa shape index (κ3) is 4.25. The van der Waals surface area contributed by atoms with Crippen LogP contribution in [0.3, 0.4) is 0 Å². The number of H-pyrrole nitrogens is 1. The van der Waals surface area contributed by atoms with Gasteiger partial charge in [-0.1, -0.05) is 47.7 Å². The molecule has 120 valence electrons. The van der Waals surface area contributed by atoms with E-state index in [0.717, 1.165) is 31.2 Å². The number of carbonyl (C=O) groups is 1. The summed E-state index contributed by atoms with van der Waals surface area (Å²) in [5.74, 6) is 0.656. The number of nitrogens with zero attached hydrogens (tertiary/aromatic N) is 3. The van der Waals surface area contributed by atoms with Gasteiger partial charge in [0.05, 0.1) is 6.04 Å². The van der Waals surface area contributed by atoms with E-state index in [-0.39, 0.29) is 17.9 Å². The molecule has 0 saturated heterocycles. The average Bonchev–Trinajstić information content (AvgIpc) is 2.97. The highest BCUT2D eigenvalue weighted by molar-refractivity contribution is 5.79. The van der Waals surface area contributed by atoms with Crippen LogP contribution in [0.15, 0.2) is 42.5 Å². The van der Waals surface area contributed by atoms with E-state index in [4.69, 9.17) is 0 Å². The number of tetrazole rings is 1. The Morgan fingerprint density at radius 2 is 1.96 bits per heavy atom. The predicted octanol–water partition coefficient (Wildman–Crippen LogP) is 2.35. The van der Waals surface area contributed by atoms with Gasteiger partial charge in [-0.05, 0) is 31.2 Å². The van der Waals surface area contributed by atoms with Crippen molar-refractivity contribution >= 4 is 5.91 Å². The van der Waals surface area contributed by atoms with Crippen molar-refractivity contribution < 1.29 is 4.79 Å². The van der Waals surface area contributed by atoms with Crippen LogP contribution < -0.4 is 5.32 Å². The van der Waals surface area contributed by atoms with Gasteiger partial charge in [-0.3, -0.25) is 4.79 Å². The molecule has 0 spiro atoms. The van der Waals surface area contributed by atoms with Crippen molar-refractivity contribution in [2.75, 3.05) is 0 Å². The molecule has 1 aliphatic carbocycles. The third-order valence-electron chi connectivity index (χ3n) is 4.17. The van der Waals surface area contributed by atoms with Gasteiger partial charge in [-0.2, -0.15) is 5.21 Å². The fourth-order valence-electron chi connectivity index (χ4n) is 2.90. The number of hydrogen-bond acceptors (Lipinski definition) is 4. The summed E-state index contributed by atoms with van der Waals surface area (Å²) >= 11 is 0. The monoisotopic (exact) mass is 311 g/mol. The lowest BCUT2D eigenvalue weighted by molar-refractivity contribution is -0.126. The standard InChI is InChI=1S/C17H21N5O/c23-17(14-10-6-1-2-7-11-14)18-15(16-19-21-22-20-16)12-13-8-4-3-5-9-13/h1-5,8-9,14-15H,6-7,10-12H2,(H,18,23)(H,19,20,21,22). The molecule has 1 atom stereocenters. The zero-order chi connectivity index (χ0) is 15.9. The number of allylic oxidation sites excluding steroid dienone is 2. The first-order chi connectivity index (χ1) is 11.3. The van der Waals surface area contributed by atoms with Crippen LogP contribution in [0.1, 0.15) is 43.1 Å². The Bertz CT molecular complexity index is 628. The lowest BCUT2D eigenvalue weighted by Crippen LogP contribution is -2.35. The number of hydrogen-bond donors (Lipinski definition) is 2. The van der Waals surface area contributed by atoms with Gasteiger partial charge in [-0.15, -0.1) is 10.2 Å². The highest BCUT2D eigenvalue weighted by Gasteiger charge is 2.24. The van der Waals surface area contributed by atoms with Gasteiger partial charge in [0, 0.05) is 12.3 Å². The minimum Gasteiger partial charge on any atom is -0.345 e. The normalized spacial score (nSPS) is 16.7. The van der Waals surface area contributed by atoms with Crippen LogP contribution in [0.4, 0.5) is 0 Å². The molecule has 1 aromatic heterocycles. The third-order valence-corrected chi connectivity index (χ3v) is 4.17. The molecule has 0 fully saturated rings. The summed E-state index contributed by atoms with van der Waals surface area (Å²) in [6, 6.07) is 9.76. The van der Waals surface area contributed by atoms with E-state index in [2.05, 4.69) is 38.1 Å². The molecule has 3 rings (SSSR count). The molecule has 0 aliphatic heterocycles. The van der Waals surface area contributed by atoms with Crippen molar-refractivity contribution in [3.8, 4) is 0 Å². The quantitative estimate of drug-likeness (QED) is 0.830. The topological polar surface area (TPSA) is 83.6 Å². The van der Waals surface area contributed by atoms with Crippen molar-refractivity contribution in [3.63, 3.8) is 0 Å². The van der Waals surface area contributed by atoms with E-state index in [1.54, 1.807) is 0 Å². The Morgan fingerprint density at radius 1 is 1.22 bits per heavy atom. The number of aromatic amines is 1. The van der Waals surface area contributed by atoms with Crippen LogP contribution >= 0.6 is 0 Å². The molecular weight excluding hydrogens is 290 g/mol. The van der Waals surface area contributed by atoms with E-state index in [1.165, 1.54) is 0 Å². The molecule has 0 bridgehead atoms. The van der Waals surface area contributed by atoms with Crippen molar-refractivity contribution in [3.05, 3.63) is 53.9 Å². The molecule has 2 aromatic rings. The summed E-state index contributed by atoms with van der Waals surface area (Å²) in [6.07, 6.45) is 8.69. The molecule has 1 aromatic carbocycles. The minimum atomic E-state index is -0.264. The Hall–Kier alpha value is -2.50. The summed E-state index contributed by atoms with van der Waals surface area (Å²) in [4.78, 5) is 12.6. The summed E-state index contributed by atoms with van der Waals surface area (Å²) in [6.45, 7) is 0. The second kappa shape index (κ2) is 7.67. The summed E-state index contributed by atoms with van der Waals surface area (Å²) in [5, 5.41) is 17.3. The maximum atomic E-state index is 12.6. The minimum absolute atomic E-state index is 0.0511. The van der Waals surface area contributed by atoms with Gasteiger partial charge in [0.1, 0.15) is 0 Å². The van der Waals surface area contributed by atoms with Crippen LogP contribution in [0.5, 0.6) is 0 Å². The smallest absolute Gasteiger partial charge is 0.223 e. The zero-order valence-electron chi connectivity index (χ0n) is 13.0. The van der Waals surface area contributed by atoms with E-state index in [9.17, 15) is 4.79 Å². The molecule has 0 saturated carbocycles. The number of rotatable bonds is 5. The fourth-order valence-corrected chi connectivity index (χ4v) is 2.90. The van der Waals surface area contributed by atoms with Crippen LogP contribution in [0.2, 0.25) is 0 Å². The van der Waals surface area contributed by atoms with Gasteiger partial charge in [-0.25, -0.2) is 0 Å². The summed E-state index contributed by atoms with van der Waals surface area (Å²) in [7, 11) is 0. The Morgan fingerprint density at radius 3 is 2.61 bits per heavy atom. The molecule has 6 heteroatoms. The molecule has 1 heterocycles. The van der Waals surface area contributed by atoms with Crippen molar-refractivity contribution in [2.24, 2.45) is 5.92 Å². The maximum absolute atomic E-state index is 12.6. The molecule has 1 amide bonds. The van der Waals surface area contributed by atoms with Gasteiger partial charge in [0.15, 0.2) is 5.82 Å². The van der Waals surface area contributed by atoms with Crippen LogP contribution in [-0.2, 0) is 11.2 Å². The van der Waals surface area contributed by atoms with Crippen LogP contribution in [0, 0.1) is 5.92 Å². The van der Waals surface area contributed by atoms with E-state index in [0.29, 0.717) is 12.2 Å². The largest absolute Gasteiger partial charge is 0.345 e. The second-order valence-electron chi connectivity index (χ2n) is 5.84. The van der Waals surface area contributed by atoms with E-state index < -0.39 is 0 Å². The van der Waals surface area contributed by atoms with Crippen molar-refractivity contribution in [2.45, 2.75) is 38.1 Å². The number of aromatic nitrogens is 4. The molecule has 1 unspecified atom stereocenters. The predicted molar refractivity (Wildman–Crippen MR) is 86.3 cm³/mol. The molecule has 0 radical (unpaired) electrons.